The van der Waals surface area contributed by atoms with Crippen LogP contribution in [-0.2, 0) is 0 Å². The summed E-state index contributed by atoms with van der Waals surface area (Å²) in [7, 11) is 0. The Morgan fingerprint density at radius 2 is 1.91 bits per heavy atom. The molecule has 0 spiro atoms. The van der Waals surface area contributed by atoms with Gasteiger partial charge in [0.15, 0.2) is 0 Å². The molecule has 23 heavy (non-hydrogen) atoms. The summed E-state index contributed by atoms with van der Waals surface area (Å²) in [6.07, 6.45) is 1.79. The number of H-pyrrole nitrogens is 1. The van der Waals surface area contributed by atoms with Crippen molar-refractivity contribution < 1.29 is 4.79 Å². The average Bonchev–Trinajstić information content (AvgIpc) is 3.03. The summed E-state index contributed by atoms with van der Waals surface area (Å²) in [5, 5.41) is 1.17. The molecule has 1 N–H and O–H groups in total. The lowest BCUT2D eigenvalue weighted by Crippen LogP contribution is -2.29. The van der Waals surface area contributed by atoms with Crippen molar-refractivity contribution in [3.63, 3.8) is 0 Å². The first-order valence-corrected chi connectivity index (χ1v) is 7.80. The van der Waals surface area contributed by atoms with Gasteiger partial charge < -0.3 is 9.88 Å². The zero-order chi connectivity index (χ0) is 16.0. The predicted octanol–water partition coefficient (Wildman–Crippen LogP) is 4.21. The van der Waals surface area contributed by atoms with Gasteiger partial charge in [0.1, 0.15) is 0 Å². The Bertz CT molecular complexity index is 922. The van der Waals surface area contributed by atoms with Crippen LogP contribution in [-0.4, -0.2) is 22.3 Å². The molecule has 0 fully saturated rings. The molecule has 3 nitrogen and oxygen atoms in total. The number of aromatic nitrogens is 1. The highest BCUT2D eigenvalue weighted by Gasteiger charge is 2.38. The summed E-state index contributed by atoms with van der Waals surface area (Å²) in [6.45, 7) is 6.44. The van der Waals surface area contributed by atoms with Crippen molar-refractivity contribution in [2.24, 2.45) is 0 Å². The van der Waals surface area contributed by atoms with E-state index in [1.807, 2.05) is 35.2 Å². The van der Waals surface area contributed by atoms with Crippen LogP contribution in [0.15, 0.2) is 61.2 Å². The minimum absolute atomic E-state index is 0.0622. The molecule has 1 unspecified atom stereocenters. The maximum Gasteiger partial charge on any atom is 0.255 e. The number of para-hydroxylation sites is 1. The van der Waals surface area contributed by atoms with E-state index in [2.05, 4.69) is 36.7 Å². The topological polar surface area (TPSA) is 36.1 Å². The SMILES string of the molecule is C=CCN1C(=O)c2ccccc2C1c1c(C)[nH]c2ccccc12. The Kier molecular flexibility index (Phi) is 3.08. The molecule has 1 aliphatic heterocycles. The van der Waals surface area contributed by atoms with E-state index in [1.54, 1.807) is 6.08 Å². The zero-order valence-corrected chi connectivity index (χ0v) is 13.0. The van der Waals surface area contributed by atoms with Crippen molar-refractivity contribution in [1.82, 2.24) is 9.88 Å². The van der Waals surface area contributed by atoms with Crippen LogP contribution in [0.4, 0.5) is 0 Å². The number of hydrogen-bond donors (Lipinski definition) is 1. The van der Waals surface area contributed by atoms with Gasteiger partial charge in [0.25, 0.3) is 5.91 Å². The fraction of sp³-hybridized carbons (Fsp3) is 0.150. The molecular formula is C20H18N2O. The summed E-state index contributed by atoms with van der Waals surface area (Å²) < 4.78 is 0. The second-order valence-electron chi connectivity index (χ2n) is 5.95. The molecule has 2 aromatic carbocycles. The highest BCUT2D eigenvalue weighted by Crippen LogP contribution is 2.42. The predicted molar refractivity (Wildman–Crippen MR) is 92.6 cm³/mol. The van der Waals surface area contributed by atoms with E-state index < -0.39 is 0 Å². The molecule has 4 rings (SSSR count). The van der Waals surface area contributed by atoms with Crippen LogP contribution in [0.5, 0.6) is 0 Å². The van der Waals surface area contributed by atoms with E-state index in [0.717, 1.165) is 22.3 Å². The van der Waals surface area contributed by atoms with E-state index >= 15 is 0 Å². The van der Waals surface area contributed by atoms with Gasteiger partial charge >= 0.3 is 0 Å². The lowest BCUT2D eigenvalue weighted by Gasteiger charge is -2.25. The largest absolute Gasteiger partial charge is 0.358 e. The maximum absolute atomic E-state index is 12.8. The van der Waals surface area contributed by atoms with Gasteiger partial charge in [0.2, 0.25) is 0 Å². The van der Waals surface area contributed by atoms with Gasteiger partial charge in [0, 0.05) is 34.3 Å². The molecule has 0 saturated carbocycles. The fourth-order valence-electron chi connectivity index (χ4n) is 3.66. The Morgan fingerprint density at radius 1 is 1.17 bits per heavy atom. The first-order valence-electron chi connectivity index (χ1n) is 7.80. The third-order valence-electron chi connectivity index (χ3n) is 4.60. The summed E-state index contributed by atoms with van der Waals surface area (Å²) >= 11 is 0. The second kappa shape index (κ2) is 5.13. The van der Waals surface area contributed by atoms with Crippen molar-refractivity contribution in [3.05, 3.63) is 83.6 Å². The smallest absolute Gasteiger partial charge is 0.255 e. The second-order valence-corrected chi connectivity index (χ2v) is 5.95. The van der Waals surface area contributed by atoms with E-state index in [1.165, 1.54) is 10.9 Å². The number of aryl methyl sites for hydroxylation is 1. The summed E-state index contributed by atoms with van der Waals surface area (Å²) in [5.41, 5.74) is 5.27. The molecule has 0 saturated heterocycles. The molecule has 1 aliphatic rings. The quantitative estimate of drug-likeness (QED) is 0.723. The van der Waals surface area contributed by atoms with Crippen LogP contribution in [0.3, 0.4) is 0 Å². The first-order chi connectivity index (χ1) is 11.2. The summed E-state index contributed by atoms with van der Waals surface area (Å²) in [6, 6.07) is 16.1. The van der Waals surface area contributed by atoms with Gasteiger partial charge in [-0.1, -0.05) is 42.5 Å². The molecule has 0 radical (unpaired) electrons. The van der Waals surface area contributed by atoms with Gasteiger partial charge in [-0.3, -0.25) is 4.79 Å². The standard InChI is InChI=1S/C20H18N2O/c1-3-12-22-19(14-8-4-5-9-15(14)20(22)23)18-13(2)21-17-11-7-6-10-16(17)18/h3-11,19,21H,1,12H2,2H3. The van der Waals surface area contributed by atoms with Crippen molar-refractivity contribution in [2.75, 3.05) is 6.54 Å². The lowest BCUT2D eigenvalue weighted by molar-refractivity contribution is 0.0771. The van der Waals surface area contributed by atoms with Crippen molar-refractivity contribution >= 4 is 16.8 Å². The Labute approximate surface area is 135 Å². The van der Waals surface area contributed by atoms with E-state index in [9.17, 15) is 4.79 Å². The Hall–Kier alpha value is -2.81. The third kappa shape index (κ3) is 1.93. The van der Waals surface area contributed by atoms with Gasteiger partial charge in [0.05, 0.1) is 6.04 Å². The third-order valence-corrected chi connectivity index (χ3v) is 4.60. The molecule has 1 aromatic heterocycles. The number of hydrogen-bond acceptors (Lipinski definition) is 1. The van der Waals surface area contributed by atoms with E-state index in [0.29, 0.717) is 6.54 Å². The molecule has 2 heterocycles. The molecule has 114 valence electrons. The van der Waals surface area contributed by atoms with E-state index in [4.69, 9.17) is 0 Å². The Balaban J connectivity index is 1.99. The van der Waals surface area contributed by atoms with Crippen LogP contribution in [0.25, 0.3) is 10.9 Å². The number of nitrogens with one attached hydrogen (secondary N) is 1. The minimum atomic E-state index is -0.0622. The highest BCUT2D eigenvalue weighted by molar-refractivity contribution is 6.01. The molecule has 3 aromatic rings. The zero-order valence-electron chi connectivity index (χ0n) is 13.0. The van der Waals surface area contributed by atoms with Crippen LogP contribution < -0.4 is 0 Å². The summed E-state index contributed by atoms with van der Waals surface area (Å²) in [5.74, 6) is 0.0789. The van der Waals surface area contributed by atoms with Crippen LogP contribution in [0.1, 0.15) is 33.2 Å². The fourth-order valence-corrected chi connectivity index (χ4v) is 3.66. The maximum atomic E-state index is 12.8. The van der Waals surface area contributed by atoms with Crippen molar-refractivity contribution in [3.8, 4) is 0 Å². The van der Waals surface area contributed by atoms with Gasteiger partial charge in [-0.05, 0) is 24.6 Å². The number of nitrogens with zero attached hydrogens (tertiary/aromatic N) is 1. The van der Waals surface area contributed by atoms with Crippen LogP contribution >= 0.6 is 0 Å². The number of rotatable bonds is 3. The number of fused-ring (bicyclic) bond motifs is 2. The van der Waals surface area contributed by atoms with Crippen molar-refractivity contribution in [1.29, 1.82) is 0 Å². The average molecular weight is 302 g/mol. The number of aromatic amines is 1. The highest BCUT2D eigenvalue weighted by atomic mass is 16.2. The Morgan fingerprint density at radius 3 is 2.74 bits per heavy atom. The van der Waals surface area contributed by atoms with Crippen molar-refractivity contribution in [2.45, 2.75) is 13.0 Å². The lowest BCUT2D eigenvalue weighted by atomic mass is 9.95. The molecule has 0 aliphatic carbocycles. The minimum Gasteiger partial charge on any atom is -0.358 e. The molecule has 1 amide bonds. The number of benzene rings is 2. The molecular weight excluding hydrogens is 284 g/mol. The van der Waals surface area contributed by atoms with Crippen LogP contribution in [0, 0.1) is 6.92 Å². The molecule has 3 heteroatoms. The van der Waals surface area contributed by atoms with Gasteiger partial charge in [-0.15, -0.1) is 6.58 Å². The van der Waals surface area contributed by atoms with E-state index in [-0.39, 0.29) is 11.9 Å². The van der Waals surface area contributed by atoms with Crippen LogP contribution in [0.2, 0.25) is 0 Å². The number of carbonyl (C=O) groups excluding carboxylic acids is 1. The van der Waals surface area contributed by atoms with Gasteiger partial charge in [-0.2, -0.15) is 0 Å². The molecule has 1 atom stereocenters. The normalized spacial score (nSPS) is 16.8. The number of carbonyl (C=O) groups is 1. The molecule has 0 bridgehead atoms. The number of amides is 1. The summed E-state index contributed by atoms with van der Waals surface area (Å²) in [4.78, 5) is 18.2. The van der Waals surface area contributed by atoms with Gasteiger partial charge in [-0.25, -0.2) is 0 Å². The monoisotopic (exact) mass is 302 g/mol. The first kappa shape index (κ1) is 13.8.